The molecule has 0 aliphatic carbocycles. The molecule has 0 atom stereocenters. The standard InChI is InChI=1S/C13H13F2N3O2/c1-8-6-10(13(14)15)17-18(8)7-12(20)16-9-4-2-3-5-11(9)19/h2-6,13,19H,7H2,1H3,(H,16,20). The van der Waals surface area contributed by atoms with Crippen molar-refractivity contribution in [1.29, 1.82) is 0 Å². The Kier molecular flexibility index (Phi) is 3.97. The molecule has 1 aromatic carbocycles. The average molecular weight is 281 g/mol. The van der Waals surface area contributed by atoms with Gasteiger partial charge in [0.1, 0.15) is 18.0 Å². The summed E-state index contributed by atoms with van der Waals surface area (Å²) in [5, 5.41) is 15.7. The van der Waals surface area contributed by atoms with E-state index in [0.29, 0.717) is 5.69 Å². The second kappa shape index (κ2) is 5.68. The van der Waals surface area contributed by atoms with Gasteiger partial charge in [-0.1, -0.05) is 12.1 Å². The number of aromatic nitrogens is 2. The normalized spacial score (nSPS) is 10.8. The predicted octanol–water partition coefficient (Wildman–Crippen LogP) is 2.47. The molecule has 0 fully saturated rings. The van der Waals surface area contributed by atoms with Crippen LogP contribution >= 0.6 is 0 Å². The van der Waals surface area contributed by atoms with Crippen LogP contribution in [0.2, 0.25) is 0 Å². The van der Waals surface area contributed by atoms with E-state index in [1.165, 1.54) is 22.9 Å². The Morgan fingerprint density at radius 3 is 2.75 bits per heavy atom. The number of nitrogens with one attached hydrogen (secondary N) is 1. The van der Waals surface area contributed by atoms with Crippen molar-refractivity contribution in [2.45, 2.75) is 19.9 Å². The lowest BCUT2D eigenvalue weighted by molar-refractivity contribution is -0.117. The first-order valence-electron chi connectivity index (χ1n) is 5.87. The quantitative estimate of drug-likeness (QED) is 0.846. The fourth-order valence-corrected chi connectivity index (χ4v) is 1.71. The number of phenolic OH excluding ortho intramolecular Hbond substituents is 1. The number of aryl methyl sites for hydroxylation is 1. The lowest BCUT2D eigenvalue weighted by atomic mass is 10.3. The third-order valence-corrected chi connectivity index (χ3v) is 2.70. The minimum Gasteiger partial charge on any atom is -0.506 e. The Labute approximate surface area is 113 Å². The van der Waals surface area contributed by atoms with Crippen molar-refractivity contribution in [1.82, 2.24) is 9.78 Å². The fourth-order valence-electron chi connectivity index (χ4n) is 1.71. The van der Waals surface area contributed by atoms with Crippen LogP contribution in [-0.2, 0) is 11.3 Å². The van der Waals surface area contributed by atoms with Crippen LogP contribution in [0, 0.1) is 6.92 Å². The molecule has 7 heteroatoms. The smallest absolute Gasteiger partial charge is 0.282 e. The molecule has 0 radical (unpaired) electrons. The van der Waals surface area contributed by atoms with E-state index >= 15 is 0 Å². The number of hydrogen-bond acceptors (Lipinski definition) is 3. The van der Waals surface area contributed by atoms with Crippen LogP contribution in [0.15, 0.2) is 30.3 Å². The molecular weight excluding hydrogens is 268 g/mol. The molecule has 0 saturated heterocycles. The largest absolute Gasteiger partial charge is 0.506 e. The minimum absolute atomic E-state index is 0.0636. The number of rotatable bonds is 4. The summed E-state index contributed by atoms with van der Waals surface area (Å²) in [5.74, 6) is -0.523. The molecule has 0 aliphatic rings. The molecule has 0 aliphatic heterocycles. The number of halogens is 2. The van der Waals surface area contributed by atoms with Crippen molar-refractivity contribution in [3.63, 3.8) is 0 Å². The van der Waals surface area contributed by atoms with Crippen LogP contribution in [0.1, 0.15) is 17.8 Å². The number of nitrogens with zero attached hydrogens (tertiary/aromatic N) is 2. The van der Waals surface area contributed by atoms with Gasteiger partial charge in [0.2, 0.25) is 5.91 Å². The van der Waals surface area contributed by atoms with Gasteiger partial charge in [0.05, 0.1) is 5.69 Å². The summed E-state index contributed by atoms with van der Waals surface area (Å²) in [6.07, 6.45) is -2.67. The van der Waals surface area contributed by atoms with Gasteiger partial charge < -0.3 is 10.4 Å². The summed E-state index contributed by atoms with van der Waals surface area (Å²) in [6, 6.07) is 7.48. The van der Waals surface area contributed by atoms with Gasteiger partial charge in [-0.2, -0.15) is 5.10 Å². The second-order valence-electron chi connectivity index (χ2n) is 4.23. The van der Waals surface area contributed by atoms with Gasteiger partial charge in [-0.3, -0.25) is 9.48 Å². The molecule has 106 valence electrons. The molecule has 1 aromatic heterocycles. The predicted molar refractivity (Wildman–Crippen MR) is 68.7 cm³/mol. The molecule has 20 heavy (non-hydrogen) atoms. The Bertz CT molecular complexity index is 626. The fraction of sp³-hybridized carbons (Fsp3) is 0.231. The average Bonchev–Trinajstić information content (AvgIpc) is 2.74. The molecule has 0 spiro atoms. The van der Waals surface area contributed by atoms with Gasteiger partial charge in [0, 0.05) is 5.69 Å². The molecule has 1 heterocycles. The molecule has 5 nitrogen and oxygen atoms in total. The molecular formula is C13H13F2N3O2. The highest BCUT2D eigenvalue weighted by Gasteiger charge is 2.15. The lowest BCUT2D eigenvalue weighted by Crippen LogP contribution is -2.20. The second-order valence-corrected chi connectivity index (χ2v) is 4.23. The maximum Gasteiger partial charge on any atom is 0.282 e. The molecule has 2 rings (SSSR count). The van der Waals surface area contributed by atoms with Crippen molar-refractivity contribution in [2.24, 2.45) is 0 Å². The number of para-hydroxylation sites is 2. The number of carbonyl (C=O) groups excluding carboxylic acids is 1. The summed E-state index contributed by atoms with van der Waals surface area (Å²) in [5.41, 5.74) is 0.363. The molecule has 2 N–H and O–H groups in total. The number of benzene rings is 1. The van der Waals surface area contributed by atoms with E-state index in [0.717, 1.165) is 0 Å². The Morgan fingerprint density at radius 2 is 2.15 bits per heavy atom. The Morgan fingerprint density at radius 1 is 1.45 bits per heavy atom. The van der Waals surface area contributed by atoms with Gasteiger partial charge in [-0.05, 0) is 25.1 Å². The molecule has 0 saturated carbocycles. The van der Waals surface area contributed by atoms with E-state index < -0.39 is 12.3 Å². The number of hydrogen-bond donors (Lipinski definition) is 2. The van der Waals surface area contributed by atoms with Crippen molar-refractivity contribution < 1.29 is 18.7 Å². The zero-order chi connectivity index (χ0) is 14.7. The summed E-state index contributed by atoms with van der Waals surface area (Å²) in [6.45, 7) is 1.39. The summed E-state index contributed by atoms with van der Waals surface area (Å²) in [4.78, 5) is 11.8. The maximum absolute atomic E-state index is 12.5. The number of anilines is 1. The molecule has 0 unspecified atom stereocenters. The van der Waals surface area contributed by atoms with Crippen molar-refractivity contribution in [2.75, 3.05) is 5.32 Å². The third kappa shape index (κ3) is 3.11. The highest BCUT2D eigenvalue weighted by molar-refractivity contribution is 5.91. The van der Waals surface area contributed by atoms with Crippen LogP contribution in [0.25, 0.3) is 0 Å². The summed E-state index contributed by atoms with van der Waals surface area (Å²) < 4.78 is 26.2. The zero-order valence-corrected chi connectivity index (χ0v) is 10.7. The number of amides is 1. The third-order valence-electron chi connectivity index (χ3n) is 2.70. The van der Waals surface area contributed by atoms with Crippen LogP contribution in [-0.4, -0.2) is 20.8 Å². The lowest BCUT2D eigenvalue weighted by Gasteiger charge is -2.08. The molecule has 0 bridgehead atoms. The highest BCUT2D eigenvalue weighted by Crippen LogP contribution is 2.22. The highest BCUT2D eigenvalue weighted by atomic mass is 19.3. The van der Waals surface area contributed by atoms with Crippen LogP contribution in [0.5, 0.6) is 5.75 Å². The summed E-state index contributed by atoms with van der Waals surface area (Å²) >= 11 is 0. The first-order chi connectivity index (χ1) is 9.47. The van der Waals surface area contributed by atoms with Gasteiger partial charge >= 0.3 is 0 Å². The minimum atomic E-state index is -2.67. The number of aromatic hydroxyl groups is 1. The summed E-state index contributed by atoms with van der Waals surface area (Å²) in [7, 11) is 0. The molecule has 1 amide bonds. The van der Waals surface area contributed by atoms with Crippen LogP contribution < -0.4 is 5.32 Å². The Hall–Kier alpha value is -2.44. The number of carbonyl (C=O) groups is 1. The Balaban J connectivity index is 2.07. The monoisotopic (exact) mass is 281 g/mol. The molecule has 2 aromatic rings. The maximum atomic E-state index is 12.5. The van der Waals surface area contributed by atoms with Crippen molar-refractivity contribution in [3.05, 3.63) is 41.7 Å². The zero-order valence-electron chi connectivity index (χ0n) is 10.7. The van der Waals surface area contributed by atoms with Crippen molar-refractivity contribution in [3.8, 4) is 5.75 Å². The SMILES string of the molecule is Cc1cc(C(F)F)nn1CC(=O)Nc1ccccc1O. The van der Waals surface area contributed by atoms with E-state index in [9.17, 15) is 18.7 Å². The van der Waals surface area contributed by atoms with E-state index in [1.54, 1.807) is 19.1 Å². The van der Waals surface area contributed by atoms with E-state index in [4.69, 9.17) is 0 Å². The van der Waals surface area contributed by atoms with Gasteiger partial charge in [0.25, 0.3) is 6.43 Å². The van der Waals surface area contributed by atoms with E-state index in [1.807, 2.05) is 0 Å². The van der Waals surface area contributed by atoms with E-state index in [2.05, 4.69) is 10.4 Å². The van der Waals surface area contributed by atoms with Crippen molar-refractivity contribution >= 4 is 11.6 Å². The number of phenols is 1. The van der Waals surface area contributed by atoms with Crippen LogP contribution in [0.4, 0.5) is 14.5 Å². The van der Waals surface area contributed by atoms with Gasteiger partial charge in [-0.25, -0.2) is 8.78 Å². The topological polar surface area (TPSA) is 67.2 Å². The first kappa shape index (κ1) is 14.0. The van der Waals surface area contributed by atoms with Crippen LogP contribution in [0.3, 0.4) is 0 Å². The first-order valence-corrected chi connectivity index (χ1v) is 5.87. The van der Waals surface area contributed by atoms with E-state index in [-0.39, 0.29) is 23.7 Å². The number of alkyl halides is 2. The van der Waals surface area contributed by atoms with Gasteiger partial charge in [-0.15, -0.1) is 0 Å². The van der Waals surface area contributed by atoms with Gasteiger partial charge in [0.15, 0.2) is 0 Å².